The van der Waals surface area contributed by atoms with Gasteiger partial charge < -0.3 is 10.5 Å². The van der Waals surface area contributed by atoms with E-state index in [9.17, 15) is 4.79 Å². The molecule has 2 N–H and O–H groups in total. The predicted octanol–water partition coefficient (Wildman–Crippen LogP) is 0.705. The van der Waals surface area contributed by atoms with Crippen molar-refractivity contribution in [3.05, 3.63) is 0 Å². The molecule has 0 fully saturated rings. The van der Waals surface area contributed by atoms with Gasteiger partial charge in [-0.15, -0.1) is 0 Å². The Balaban J connectivity index is 3.83. The van der Waals surface area contributed by atoms with Crippen molar-refractivity contribution in [2.45, 2.75) is 33.2 Å². The molecule has 0 heterocycles. The van der Waals surface area contributed by atoms with Gasteiger partial charge in [0.25, 0.3) is 0 Å². The molecule has 0 aromatic heterocycles. The Morgan fingerprint density at radius 3 is 2.58 bits per heavy atom. The number of ether oxygens (including phenoxy) is 1. The maximum atomic E-state index is 10.9. The van der Waals surface area contributed by atoms with E-state index in [1.165, 1.54) is 0 Å². The van der Waals surface area contributed by atoms with E-state index in [0.29, 0.717) is 12.4 Å². The molecule has 0 saturated heterocycles. The summed E-state index contributed by atoms with van der Waals surface area (Å²) in [5.41, 5.74) is 5.45. The number of hydrogen-bond acceptors (Lipinski definition) is 3. The number of nitrogens with zero attached hydrogens (tertiary/aromatic N) is 1. The number of esters is 1. The lowest BCUT2D eigenvalue weighted by Crippen LogP contribution is -2.20. The topological polar surface area (TPSA) is 64.7 Å². The first-order chi connectivity index (χ1) is 5.56. The van der Waals surface area contributed by atoms with Gasteiger partial charge in [-0.05, 0) is 20.8 Å². The Morgan fingerprint density at radius 1 is 1.58 bits per heavy atom. The van der Waals surface area contributed by atoms with E-state index < -0.39 is 0 Å². The highest BCUT2D eigenvalue weighted by Crippen LogP contribution is 1.91. The van der Waals surface area contributed by atoms with Gasteiger partial charge in [0.15, 0.2) is 0 Å². The summed E-state index contributed by atoms with van der Waals surface area (Å²) < 4.78 is 4.69. The molecular weight excluding hydrogens is 156 g/mol. The fraction of sp³-hybridized carbons (Fsp3) is 0.750. The third-order valence-electron chi connectivity index (χ3n) is 1.05. The molecule has 0 radical (unpaired) electrons. The van der Waals surface area contributed by atoms with Crippen LogP contribution in [0.25, 0.3) is 0 Å². The average molecular weight is 172 g/mol. The largest absolute Gasteiger partial charge is 0.466 e. The SMILES string of the molecule is CCOC(=O)CC(N)=NC(C)C. The van der Waals surface area contributed by atoms with Gasteiger partial charge in [-0.25, -0.2) is 0 Å². The van der Waals surface area contributed by atoms with E-state index in [-0.39, 0.29) is 18.4 Å². The molecule has 0 atom stereocenters. The second kappa shape index (κ2) is 5.57. The Bertz CT molecular complexity index is 176. The van der Waals surface area contributed by atoms with Crippen molar-refractivity contribution < 1.29 is 9.53 Å². The second-order valence-corrected chi connectivity index (χ2v) is 2.70. The van der Waals surface area contributed by atoms with Gasteiger partial charge >= 0.3 is 5.97 Å². The number of amidine groups is 1. The Labute approximate surface area is 72.8 Å². The minimum absolute atomic E-state index is 0.0893. The number of nitrogens with two attached hydrogens (primary N) is 1. The van der Waals surface area contributed by atoms with Gasteiger partial charge in [0.05, 0.1) is 6.61 Å². The third-order valence-corrected chi connectivity index (χ3v) is 1.05. The smallest absolute Gasteiger partial charge is 0.313 e. The van der Waals surface area contributed by atoms with E-state index in [1.54, 1.807) is 6.92 Å². The van der Waals surface area contributed by atoms with Crippen molar-refractivity contribution in [3.63, 3.8) is 0 Å². The highest BCUT2D eigenvalue weighted by Gasteiger charge is 2.04. The lowest BCUT2D eigenvalue weighted by molar-refractivity contribution is -0.141. The van der Waals surface area contributed by atoms with Crippen LogP contribution in [-0.4, -0.2) is 24.5 Å². The molecule has 0 aliphatic carbocycles. The first kappa shape index (κ1) is 10.9. The summed E-state index contributed by atoms with van der Waals surface area (Å²) in [5.74, 6) is 0.0165. The molecule has 0 bridgehead atoms. The normalized spacial score (nSPS) is 11.8. The van der Waals surface area contributed by atoms with Crippen molar-refractivity contribution in [1.82, 2.24) is 0 Å². The summed E-state index contributed by atoms with van der Waals surface area (Å²) in [6, 6.07) is 0.124. The first-order valence-corrected chi connectivity index (χ1v) is 4.04. The molecule has 0 amide bonds. The van der Waals surface area contributed by atoms with Crippen molar-refractivity contribution in [1.29, 1.82) is 0 Å². The fourth-order valence-corrected chi connectivity index (χ4v) is 0.737. The highest BCUT2D eigenvalue weighted by atomic mass is 16.5. The van der Waals surface area contributed by atoms with Crippen LogP contribution < -0.4 is 5.73 Å². The van der Waals surface area contributed by atoms with Crippen LogP contribution in [0.15, 0.2) is 4.99 Å². The van der Waals surface area contributed by atoms with E-state index in [1.807, 2.05) is 13.8 Å². The number of aliphatic imine (C=N–C) groups is 1. The van der Waals surface area contributed by atoms with E-state index >= 15 is 0 Å². The summed E-state index contributed by atoms with van der Waals surface area (Å²) in [6.45, 7) is 5.94. The zero-order chi connectivity index (χ0) is 9.56. The summed E-state index contributed by atoms with van der Waals surface area (Å²) in [4.78, 5) is 14.8. The molecule has 0 aliphatic rings. The van der Waals surface area contributed by atoms with Gasteiger partial charge in [-0.2, -0.15) is 0 Å². The van der Waals surface area contributed by atoms with Crippen molar-refractivity contribution in [2.75, 3.05) is 6.61 Å². The van der Waals surface area contributed by atoms with Crippen molar-refractivity contribution in [2.24, 2.45) is 10.7 Å². The van der Waals surface area contributed by atoms with Gasteiger partial charge in [-0.1, -0.05) is 0 Å². The fourth-order valence-electron chi connectivity index (χ4n) is 0.737. The molecule has 0 saturated carbocycles. The third kappa shape index (κ3) is 5.70. The van der Waals surface area contributed by atoms with Crippen molar-refractivity contribution in [3.8, 4) is 0 Å². The zero-order valence-corrected chi connectivity index (χ0v) is 7.83. The molecule has 0 unspecified atom stereocenters. The molecule has 12 heavy (non-hydrogen) atoms. The van der Waals surface area contributed by atoms with Gasteiger partial charge in [0.2, 0.25) is 0 Å². The van der Waals surface area contributed by atoms with Crippen LogP contribution in [0.2, 0.25) is 0 Å². The second-order valence-electron chi connectivity index (χ2n) is 2.70. The number of hydrogen-bond donors (Lipinski definition) is 1. The van der Waals surface area contributed by atoms with Crippen LogP contribution in [0.1, 0.15) is 27.2 Å². The molecule has 0 aromatic carbocycles. The summed E-state index contributed by atoms with van der Waals surface area (Å²) >= 11 is 0. The maximum absolute atomic E-state index is 10.9. The van der Waals surface area contributed by atoms with Gasteiger partial charge in [-0.3, -0.25) is 9.79 Å². The molecule has 0 aromatic rings. The lowest BCUT2D eigenvalue weighted by atomic mass is 10.3. The van der Waals surface area contributed by atoms with Crippen LogP contribution in [0.5, 0.6) is 0 Å². The van der Waals surface area contributed by atoms with Gasteiger partial charge in [0.1, 0.15) is 12.3 Å². The first-order valence-electron chi connectivity index (χ1n) is 4.04. The number of carbonyl (C=O) groups is 1. The molecule has 70 valence electrons. The maximum Gasteiger partial charge on any atom is 0.313 e. The van der Waals surface area contributed by atoms with E-state index in [2.05, 4.69) is 4.99 Å². The summed E-state index contributed by atoms with van der Waals surface area (Å²) in [5, 5.41) is 0. The lowest BCUT2D eigenvalue weighted by Gasteiger charge is -2.02. The Morgan fingerprint density at radius 2 is 2.17 bits per heavy atom. The minimum Gasteiger partial charge on any atom is -0.466 e. The number of rotatable bonds is 4. The molecular formula is C8H16N2O2. The predicted molar refractivity (Wildman–Crippen MR) is 48.0 cm³/mol. The van der Waals surface area contributed by atoms with Crippen LogP contribution in [0.3, 0.4) is 0 Å². The quantitative estimate of drug-likeness (QED) is 0.386. The monoisotopic (exact) mass is 172 g/mol. The summed E-state index contributed by atoms with van der Waals surface area (Å²) in [6.07, 6.45) is 0.0893. The standard InChI is InChI=1S/C8H16N2O2/c1-4-12-8(11)5-7(9)10-6(2)3/h6H,4-5H2,1-3H3,(H2,9,10). The molecule has 0 aliphatic heterocycles. The van der Waals surface area contributed by atoms with E-state index in [4.69, 9.17) is 10.5 Å². The van der Waals surface area contributed by atoms with Gasteiger partial charge in [0, 0.05) is 6.04 Å². The highest BCUT2D eigenvalue weighted by molar-refractivity contribution is 5.96. The Kier molecular flexibility index (Phi) is 5.08. The van der Waals surface area contributed by atoms with Crippen LogP contribution in [-0.2, 0) is 9.53 Å². The summed E-state index contributed by atoms with van der Waals surface area (Å²) in [7, 11) is 0. The number of carbonyl (C=O) groups excluding carboxylic acids is 1. The minimum atomic E-state index is -0.320. The van der Waals surface area contributed by atoms with Crippen LogP contribution in [0, 0.1) is 0 Å². The average Bonchev–Trinajstić information content (AvgIpc) is 1.84. The molecule has 0 rings (SSSR count). The molecule has 4 heteroatoms. The van der Waals surface area contributed by atoms with Crippen LogP contribution >= 0.6 is 0 Å². The zero-order valence-electron chi connectivity index (χ0n) is 7.83. The molecule has 0 spiro atoms. The van der Waals surface area contributed by atoms with Crippen LogP contribution in [0.4, 0.5) is 0 Å². The van der Waals surface area contributed by atoms with Crippen molar-refractivity contribution >= 4 is 11.8 Å². The van der Waals surface area contributed by atoms with E-state index in [0.717, 1.165) is 0 Å². The Hall–Kier alpha value is -1.06. The molecule has 4 nitrogen and oxygen atoms in total.